The average molecular weight is 506 g/mol. The third kappa shape index (κ3) is 8.48. The van der Waals surface area contributed by atoms with Crippen LogP contribution in [0.25, 0.3) is 6.08 Å². The van der Waals surface area contributed by atoms with E-state index in [4.69, 9.17) is 16.2 Å². The molecule has 0 spiro atoms. The van der Waals surface area contributed by atoms with E-state index in [1.807, 2.05) is 0 Å². The van der Waals surface area contributed by atoms with Gasteiger partial charge in [0.15, 0.2) is 0 Å². The number of unbranched alkanes of at least 4 members (excludes halogenated alkanes) is 9. The summed E-state index contributed by atoms with van der Waals surface area (Å²) in [5, 5.41) is 0. The first-order chi connectivity index (χ1) is 17.9. The summed E-state index contributed by atoms with van der Waals surface area (Å²) in [6, 6.07) is 10.0. The van der Waals surface area contributed by atoms with Crippen molar-refractivity contribution in [3.05, 3.63) is 64.7 Å². The maximum atomic E-state index is 12.9. The molecule has 7 heteroatoms. The Kier molecular flexibility index (Phi) is 10.7. The Bertz CT molecular complexity index is 1110. The second-order valence-corrected chi connectivity index (χ2v) is 9.70. The first-order valence-electron chi connectivity index (χ1n) is 13.4. The van der Waals surface area contributed by atoms with Crippen LogP contribution in [0.5, 0.6) is 0 Å². The van der Waals surface area contributed by atoms with Gasteiger partial charge in [-0.15, -0.1) is 0 Å². The fraction of sp³-hybridized carbons (Fsp3) is 0.433. The number of carbonyl (C=O) groups is 3. The number of ether oxygens (including phenoxy) is 1. The summed E-state index contributed by atoms with van der Waals surface area (Å²) in [6.45, 7) is 2.71. The number of benzene rings is 2. The van der Waals surface area contributed by atoms with Crippen LogP contribution < -0.4 is 11.5 Å². The number of nitrogen functional groups attached to an aromatic ring is 2. The molecule has 1 aliphatic heterocycles. The lowest BCUT2D eigenvalue weighted by molar-refractivity contribution is -0.138. The zero-order valence-corrected chi connectivity index (χ0v) is 21.8. The van der Waals surface area contributed by atoms with Gasteiger partial charge in [0.2, 0.25) is 0 Å². The van der Waals surface area contributed by atoms with Gasteiger partial charge in [-0.05, 0) is 54.0 Å². The maximum absolute atomic E-state index is 12.9. The van der Waals surface area contributed by atoms with E-state index < -0.39 is 5.97 Å². The largest absolute Gasteiger partial charge is 0.458 e. The monoisotopic (exact) mass is 505 g/mol. The molecular weight excluding hydrogens is 466 g/mol. The van der Waals surface area contributed by atoms with Crippen molar-refractivity contribution in [2.24, 2.45) is 0 Å². The summed E-state index contributed by atoms with van der Waals surface area (Å²) in [7, 11) is 0. The number of esters is 1. The van der Waals surface area contributed by atoms with Crippen molar-refractivity contribution >= 4 is 35.2 Å². The van der Waals surface area contributed by atoms with Crippen LogP contribution in [-0.2, 0) is 16.1 Å². The molecular formula is C30H39N3O4. The molecule has 198 valence electrons. The van der Waals surface area contributed by atoms with Crippen LogP contribution in [0.15, 0.2) is 42.5 Å². The van der Waals surface area contributed by atoms with Crippen molar-refractivity contribution in [1.29, 1.82) is 0 Å². The molecule has 2 amide bonds. The number of hydrogen-bond acceptors (Lipinski definition) is 6. The molecule has 1 heterocycles. The van der Waals surface area contributed by atoms with E-state index in [1.54, 1.807) is 42.5 Å². The Hall–Kier alpha value is -3.61. The standard InChI is InChI=1S/C30H39N3O4/c1-2-3-4-5-6-7-8-9-10-11-16-33-29(35)26-14-12-22(19-27(26)30(33)36)13-15-28(34)37-21-23-17-24(31)20-25(32)18-23/h12-15,17-20H,2-11,16,21,31-32H2,1H3/b15-13+. The lowest BCUT2D eigenvalue weighted by Gasteiger charge is -2.13. The van der Waals surface area contributed by atoms with Crippen molar-refractivity contribution < 1.29 is 19.1 Å². The Morgan fingerprint density at radius 3 is 2.05 bits per heavy atom. The molecule has 0 atom stereocenters. The normalized spacial score (nSPS) is 12.9. The molecule has 0 aromatic heterocycles. The molecule has 0 bridgehead atoms. The molecule has 0 saturated carbocycles. The third-order valence-electron chi connectivity index (χ3n) is 6.56. The Morgan fingerprint density at radius 1 is 0.811 bits per heavy atom. The van der Waals surface area contributed by atoms with Gasteiger partial charge in [0.25, 0.3) is 11.8 Å². The molecule has 37 heavy (non-hydrogen) atoms. The highest BCUT2D eigenvalue weighted by atomic mass is 16.5. The zero-order valence-electron chi connectivity index (χ0n) is 21.8. The van der Waals surface area contributed by atoms with Crippen molar-refractivity contribution in [2.75, 3.05) is 18.0 Å². The summed E-state index contributed by atoms with van der Waals surface area (Å²) in [5.74, 6) is -1.05. The third-order valence-corrected chi connectivity index (χ3v) is 6.56. The van der Waals surface area contributed by atoms with E-state index in [0.717, 1.165) is 19.3 Å². The minimum atomic E-state index is -0.536. The van der Waals surface area contributed by atoms with Crippen molar-refractivity contribution in [1.82, 2.24) is 4.90 Å². The van der Waals surface area contributed by atoms with Crippen molar-refractivity contribution in [2.45, 2.75) is 77.7 Å². The second-order valence-electron chi connectivity index (χ2n) is 9.70. The van der Waals surface area contributed by atoms with Crippen LogP contribution in [0.1, 0.15) is 103 Å². The average Bonchev–Trinajstić information content (AvgIpc) is 3.11. The van der Waals surface area contributed by atoms with Gasteiger partial charge < -0.3 is 16.2 Å². The predicted octanol–water partition coefficient (Wildman–Crippen LogP) is 6.12. The number of carbonyl (C=O) groups excluding carboxylic acids is 3. The van der Waals surface area contributed by atoms with Gasteiger partial charge in [-0.2, -0.15) is 0 Å². The van der Waals surface area contributed by atoms with Gasteiger partial charge in [-0.3, -0.25) is 14.5 Å². The fourth-order valence-corrected chi connectivity index (χ4v) is 4.57. The van der Waals surface area contributed by atoms with Crippen LogP contribution in [-0.4, -0.2) is 29.2 Å². The molecule has 0 aliphatic carbocycles. The zero-order chi connectivity index (χ0) is 26.6. The smallest absolute Gasteiger partial charge is 0.331 e. The molecule has 2 aromatic rings. The molecule has 1 aliphatic rings. The van der Waals surface area contributed by atoms with Gasteiger partial charge in [-0.1, -0.05) is 70.8 Å². The number of amides is 2. The molecule has 3 rings (SSSR count). The minimum absolute atomic E-state index is 0.0451. The van der Waals surface area contributed by atoms with Gasteiger partial charge in [0, 0.05) is 24.0 Å². The van der Waals surface area contributed by atoms with E-state index in [2.05, 4.69) is 6.92 Å². The molecule has 0 radical (unpaired) electrons. The van der Waals surface area contributed by atoms with Gasteiger partial charge in [-0.25, -0.2) is 4.79 Å². The SMILES string of the molecule is CCCCCCCCCCCCN1C(=O)c2ccc(/C=C/C(=O)OCc3cc(N)cc(N)c3)cc2C1=O. The highest BCUT2D eigenvalue weighted by Gasteiger charge is 2.34. The van der Waals surface area contributed by atoms with E-state index in [0.29, 0.717) is 40.2 Å². The fourth-order valence-electron chi connectivity index (χ4n) is 4.57. The lowest BCUT2D eigenvalue weighted by Crippen LogP contribution is -2.30. The van der Waals surface area contributed by atoms with Gasteiger partial charge in [0.1, 0.15) is 6.61 Å². The van der Waals surface area contributed by atoms with E-state index >= 15 is 0 Å². The number of nitrogens with zero attached hydrogens (tertiary/aromatic N) is 1. The molecule has 2 aromatic carbocycles. The van der Waals surface area contributed by atoms with Crippen LogP contribution >= 0.6 is 0 Å². The Labute approximate surface area is 219 Å². The first kappa shape index (κ1) is 28.0. The lowest BCUT2D eigenvalue weighted by atomic mass is 10.1. The Morgan fingerprint density at radius 2 is 1.41 bits per heavy atom. The molecule has 4 N–H and O–H groups in total. The van der Waals surface area contributed by atoms with Crippen molar-refractivity contribution in [3.63, 3.8) is 0 Å². The van der Waals surface area contributed by atoms with Crippen LogP contribution in [0.4, 0.5) is 11.4 Å². The minimum Gasteiger partial charge on any atom is -0.458 e. The summed E-state index contributed by atoms with van der Waals surface area (Å²) in [6.07, 6.45) is 14.8. The van der Waals surface area contributed by atoms with Gasteiger partial charge in [0.05, 0.1) is 11.1 Å². The highest BCUT2D eigenvalue weighted by molar-refractivity contribution is 6.21. The number of nitrogens with two attached hydrogens (primary N) is 2. The first-order valence-corrected chi connectivity index (χ1v) is 13.4. The molecule has 7 nitrogen and oxygen atoms in total. The predicted molar refractivity (Wildman–Crippen MR) is 148 cm³/mol. The summed E-state index contributed by atoms with van der Waals surface area (Å²) < 4.78 is 5.24. The van der Waals surface area contributed by atoms with Crippen LogP contribution in [0.3, 0.4) is 0 Å². The van der Waals surface area contributed by atoms with E-state index in [1.165, 1.54) is 55.9 Å². The highest BCUT2D eigenvalue weighted by Crippen LogP contribution is 2.25. The number of fused-ring (bicyclic) bond motifs is 1. The number of anilines is 2. The van der Waals surface area contributed by atoms with Crippen molar-refractivity contribution in [3.8, 4) is 0 Å². The quantitative estimate of drug-likeness (QED) is 0.0990. The summed E-state index contributed by atoms with van der Waals surface area (Å²) in [4.78, 5) is 39.1. The maximum Gasteiger partial charge on any atom is 0.331 e. The summed E-state index contributed by atoms with van der Waals surface area (Å²) in [5.41, 5.74) is 14.6. The topological polar surface area (TPSA) is 116 Å². The summed E-state index contributed by atoms with van der Waals surface area (Å²) >= 11 is 0. The molecule has 0 unspecified atom stereocenters. The number of hydrogen-bond donors (Lipinski definition) is 2. The van der Waals surface area contributed by atoms with Crippen LogP contribution in [0, 0.1) is 0 Å². The molecule has 0 saturated heterocycles. The van der Waals surface area contributed by atoms with Gasteiger partial charge >= 0.3 is 5.97 Å². The number of imide groups is 1. The van der Waals surface area contributed by atoms with Crippen LogP contribution in [0.2, 0.25) is 0 Å². The number of rotatable bonds is 15. The van der Waals surface area contributed by atoms with E-state index in [9.17, 15) is 14.4 Å². The second kappa shape index (κ2) is 14.2. The molecule has 0 fully saturated rings. The van der Waals surface area contributed by atoms with E-state index in [-0.39, 0.29) is 18.4 Å². The Balaban J connectivity index is 1.43.